The normalized spacial score (nSPS) is 27.8. The second kappa shape index (κ2) is 13.8. The van der Waals surface area contributed by atoms with Crippen molar-refractivity contribution in [2.45, 2.75) is 68.7 Å². The zero-order valence-electron chi connectivity index (χ0n) is 28.4. The molecule has 6 aliphatic rings. The van der Waals surface area contributed by atoms with Crippen LogP contribution in [0.15, 0.2) is 36.4 Å². The number of benzene rings is 2. The molecule has 3 unspecified atom stereocenters. The quantitative estimate of drug-likeness (QED) is 0.325. The van der Waals surface area contributed by atoms with Gasteiger partial charge in [-0.3, -0.25) is 4.79 Å². The van der Waals surface area contributed by atoms with E-state index in [0.29, 0.717) is 33.8 Å². The highest BCUT2D eigenvalue weighted by Gasteiger charge is 2.57. The summed E-state index contributed by atoms with van der Waals surface area (Å²) < 4.78 is 6.31. The highest BCUT2D eigenvalue weighted by Crippen LogP contribution is 2.49. The summed E-state index contributed by atoms with van der Waals surface area (Å²) in [4.78, 5) is 70.2. The number of amides is 2. The first-order valence-electron chi connectivity index (χ1n) is 16.7. The van der Waals surface area contributed by atoms with E-state index in [-0.39, 0.29) is 41.1 Å². The third-order valence-electron chi connectivity index (χ3n) is 10.4. The molecule has 5 N–H and O–H groups in total. The first-order valence-corrected chi connectivity index (χ1v) is 19.5. The number of alkyl carbamates (subject to hydrolysis) is 1. The molecule has 49 heavy (non-hydrogen) atoms. The van der Waals surface area contributed by atoms with E-state index in [1.807, 2.05) is 42.8 Å². The minimum Gasteiger partial charge on any atom is -0.439 e. The van der Waals surface area contributed by atoms with Crippen LogP contribution in [0.1, 0.15) is 73.0 Å². The Labute approximate surface area is 295 Å². The molecule has 8 rings (SSSR count). The molecule has 12 nitrogen and oxygen atoms in total. The van der Waals surface area contributed by atoms with Gasteiger partial charge in [-0.15, -0.1) is 0 Å². The number of hydrogen-bond donors (Lipinski definition) is 3. The van der Waals surface area contributed by atoms with Crippen LogP contribution in [0.5, 0.6) is 0 Å². The monoisotopic (exact) mass is 711 g/mol. The Bertz CT molecular complexity index is 1630. The van der Waals surface area contributed by atoms with Crippen LogP contribution >= 0.6 is 23.5 Å². The van der Waals surface area contributed by atoms with Crippen LogP contribution in [0.4, 0.5) is 4.79 Å². The molecule has 0 spiro atoms. The Hall–Kier alpha value is -3.30. The predicted octanol–water partition coefficient (Wildman–Crippen LogP) is 4.00. The van der Waals surface area contributed by atoms with E-state index in [2.05, 4.69) is 10.2 Å². The molecular weight excluding hydrogens is 667 g/mol. The van der Waals surface area contributed by atoms with Crippen molar-refractivity contribution in [3.8, 4) is 11.1 Å². The number of piperidine rings is 1. The van der Waals surface area contributed by atoms with Gasteiger partial charge in [-0.25, -0.2) is 14.4 Å². The molecule has 6 aliphatic heterocycles. The van der Waals surface area contributed by atoms with Crippen LogP contribution < -0.4 is 16.8 Å². The van der Waals surface area contributed by atoms with E-state index in [4.69, 9.17) is 25.9 Å². The number of carbonyl (C=O) groups excluding carboxylic acids is 4. The Kier molecular flexibility index (Phi) is 9.99. The maximum atomic E-state index is 14.5. The third-order valence-corrected chi connectivity index (χ3v) is 11.6. The van der Waals surface area contributed by atoms with Crippen molar-refractivity contribution in [1.29, 1.82) is 0 Å². The van der Waals surface area contributed by atoms with E-state index < -0.39 is 40.6 Å². The number of thioether (sulfide) groups is 2. The molecule has 6 bridgehead atoms. The van der Waals surface area contributed by atoms with Crippen LogP contribution in [0.3, 0.4) is 0 Å². The van der Waals surface area contributed by atoms with Crippen LogP contribution in [-0.2, 0) is 40.7 Å². The molecule has 3 atom stereocenters. The Balaban J connectivity index is 1.61. The van der Waals surface area contributed by atoms with Gasteiger partial charge in [0.1, 0.15) is 16.7 Å². The number of hydrogen-bond acceptors (Lipinski definition) is 12. The van der Waals surface area contributed by atoms with Gasteiger partial charge in [-0.05, 0) is 112 Å². The summed E-state index contributed by atoms with van der Waals surface area (Å²) >= 11 is 2.95. The van der Waals surface area contributed by atoms with Crippen LogP contribution in [0.25, 0.3) is 11.1 Å². The van der Waals surface area contributed by atoms with Gasteiger partial charge in [0.15, 0.2) is 0 Å². The second-order valence-electron chi connectivity index (χ2n) is 13.8. The predicted molar refractivity (Wildman–Crippen MR) is 188 cm³/mol. The first kappa shape index (κ1) is 35.5. The maximum Gasteiger partial charge on any atom is 0.408 e. The highest BCUT2D eigenvalue weighted by molar-refractivity contribution is 7.98. The summed E-state index contributed by atoms with van der Waals surface area (Å²) in [5, 5.41) is 3.44. The van der Waals surface area contributed by atoms with E-state index in [0.717, 1.165) is 38.9 Å². The molecule has 3 saturated heterocycles. The van der Waals surface area contributed by atoms with E-state index in [1.165, 1.54) is 23.5 Å². The Morgan fingerprint density at radius 2 is 1.55 bits per heavy atom. The van der Waals surface area contributed by atoms with Crippen molar-refractivity contribution >= 4 is 47.5 Å². The molecule has 0 radical (unpaired) electrons. The number of ether oxygens (including phenoxy) is 1. The molecule has 14 heteroatoms. The number of nitrogens with one attached hydrogen (secondary N) is 1. The lowest BCUT2D eigenvalue weighted by molar-refractivity contribution is -0.296. The summed E-state index contributed by atoms with van der Waals surface area (Å²) in [5.74, 6) is -1.69. The molecule has 2 aromatic rings. The molecule has 0 saturated carbocycles. The summed E-state index contributed by atoms with van der Waals surface area (Å²) in [6, 6.07) is 10.7. The minimum atomic E-state index is -1.92. The molecular formula is C35H45N5O7S2. The molecule has 6 heterocycles. The van der Waals surface area contributed by atoms with Crippen molar-refractivity contribution in [1.82, 2.24) is 15.4 Å². The van der Waals surface area contributed by atoms with Gasteiger partial charge in [0, 0.05) is 28.9 Å². The van der Waals surface area contributed by atoms with Crippen molar-refractivity contribution < 1.29 is 33.6 Å². The van der Waals surface area contributed by atoms with Crippen LogP contribution in [-0.4, -0.2) is 83.8 Å². The minimum absolute atomic E-state index is 0.00761. The first-order chi connectivity index (χ1) is 23.3. The lowest BCUT2D eigenvalue weighted by Gasteiger charge is -2.40. The zero-order valence-corrected chi connectivity index (χ0v) is 30.0. The van der Waals surface area contributed by atoms with Gasteiger partial charge in [0.25, 0.3) is 0 Å². The maximum absolute atomic E-state index is 14.5. The summed E-state index contributed by atoms with van der Waals surface area (Å²) in [5.41, 5.74) is 10.6. The SMILES string of the molecule is CSCCC1(N)C(=O)ON2OC(=O)C(N)(CCSC)c3c(c(-c4ccccc4)cc1c3C(C)(C)OC(=O)NC1CCN3CCC1CC3)C2=O. The van der Waals surface area contributed by atoms with Gasteiger partial charge < -0.3 is 36.1 Å². The largest absolute Gasteiger partial charge is 0.439 e. The van der Waals surface area contributed by atoms with Gasteiger partial charge in [-0.1, -0.05) is 30.3 Å². The van der Waals surface area contributed by atoms with Crippen LogP contribution in [0, 0.1) is 5.92 Å². The standard InChI is InChI=1S/C35H45N5O7S2/c1-33(2,45-32(44)38-25-12-17-39-15-10-22(25)11-16-39)27-24-20-23(21-8-6-5-7-9-21)26-28(27)35(37,14-19-49-4)31(43)47-40(29(26)41)46-30(42)34(24,36)13-18-48-3/h5-9,20,22,25H,10-19,36-37H2,1-4H3,(H,38,44). The van der Waals surface area contributed by atoms with E-state index in [1.54, 1.807) is 19.9 Å². The van der Waals surface area contributed by atoms with Gasteiger partial charge in [0.2, 0.25) is 0 Å². The molecule has 3 fully saturated rings. The topological polar surface area (TPSA) is 167 Å². The van der Waals surface area contributed by atoms with Crippen molar-refractivity contribution in [2.75, 3.05) is 43.7 Å². The van der Waals surface area contributed by atoms with Crippen molar-refractivity contribution in [3.63, 3.8) is 0 Å². The number of nitrogens with two attached hydrogens (primary N) is 2. The summed E-state index contributed by atoms with van der Waals surface area (Å²) in [6.07, 6.45) is 6.05. The number of fused-ring (bicyclic) bond motifs is 7. The fraction of sp³-hybridized carbons (Fsp3) is 0.543. The van der Waals surface area contributed by atoms with Gasteiger partial charge in [-0.2, -0.15) is 23.5 Å². The average molecular weight is 712 g/mol. The lowest BCUT2D eigenvalue weighted by Crippen LogP contribution is -2.54. The number of rotatable bonds is 10. The Morgan fingerprint density at radius 1 is 0.959 bits per heavy atom. The van der Waals surface area contributed by atoms with E-state index in [9.17, 15) is 19.2 Å². The second-order valence-corrected chi connectivity index (χ2v) is 15.8. The van der Waals surface area contributed by atoms with Crippen molar-refractivity contribution in [3.05, 3.63) is 58.7 Å². The smallest absolute Gasteiger partial charge is 0.408 e. The van der Waals surface area contributed by atoms with E-state index >= 15 is 0 Å². The summed E-state index contributed by atoms with van der Waals surface area (Å²) in [7, 11) is 0. The Morgan fingerprint density at radius 3 is 2.18 bits per heavy atom. The average Bonchev–Trinajstić information content (AvgIpc) is 3.41. The fourth-order valence-electron chi connectivity index (χ4n) is 7.67. The van der Waals surface area contributed by atoms with Gasteiger partial charge in [0.05, 0.1) is 5.56 Å². The van der Waals surface area contributed by atoms with Gasteiger partial charge >= 0.3 is 23.9 Å². The number of hydroxylamine groups is 2. The third kappa shape index (κ3) is 6.42. The lowest BCUT2D eigenvalue weighted by atomic mass is 9.69. The molecule has 264 valence electrons. The number of carbonyl (C=O) groups is 4. The molecule has 2 aromatic carbocycles. The van der Waals surface area contributed by atoms with Crippen molar-refractivity contribution in [2.24, 2.45) is 17.4 Å². The molecule has 2 amide bonds. The highest BCUT2D eigenvalue weighted by atomic mass is 32.2. The molecule has 0 aromatic heterocycles. The zero-order chi connectivity index (χ0) is 35.1. The fourth-order valence-corrected chi connectivity index (χ4v) is 8.72. The van der Waals surface area contributed by atoms with Crippen LogP contribution in [0.2, 0.25) is 0 Å². The molecule has 0 aliphatic carbocycles. The summed E-state index contributed by atoms with van der Waals surface area (Å²) in [6.45, 7) is 6.25. The number of nitrogens with zero attached hydrogens (tertiary/aromatic N) is 2.